The van der Waals surface area contributed by atoms with E-state index in [0.29, 0.717) is 11.3 Å². The Kier molecular flexibility index (Phi) is 3.79. The molecule has 1 aliphatic rings. The van der Waals surface area contributed by atoms with Crippen molar-refractivity contribution in [1.29, 1.82) is 0 Å². The molecule has 0 bridgehead atoms. The van der Waals surface area contributed by atoms with Crippen LogP contribution in [0.5, 0.6) is 0 Å². The predicted molar refractivity (Wildman–Crippen MR) is 69.8 cm³/mol. The fourth-order valence-corrected chi connectivity index (χ4v) is 3.15. The first-order valence-corrected chi connectivity index (χ1v) is 7.06. The van der Waals surface area contributed by atoms with Gasteiger partial charge in [-0.25, -0.2) is 4.68 Å². The van der Waals surface area contributed by atoms with Crippen molar-refractivity contribution in [3.8, 4) is 0 Å². The molecule has 16 heavy (non-hydrogen) atoms. The molecule has 0 aliphatic heterocycles. The van der Waals surface area contributed by atoms with Gasteiger partial charge in [-0.05, 0) is 12.8 Å². The molecule has 1 saturated carbocycles. The Morgan fingerprint density at radius 2 is 2.06 bits per heavy atom. The van der Waals surface area contributed by atoms with E-state index >= 15 is 0 Å². The van der Waals surface area contributed by atoms with Gasteiger partial charge in [0, 0.05) is 5.25 Å². The van der Waals surface area contributed by atoms with E-state index in [-0.39, 0.29) is 0 Å². The van der Waals surface area contributed by atoms with Crippen LogP contribution in [0.3, 0.4) is 0 Å². The van der Waals surface area contributed by atoms with Crippen molar-refractivity contribution in [2.24, 2.45) is 0 Å². The van der Waals surface area contributed by atoms with Gasteiger partial charge in [0.15, 0.2) is 0 Å². The summed E-state index contributed by atoms with van der Waals surface area (Å²) >= 11 is 1.80. The standard InChI is InChI=1S/C12H21N3S/c1-9(2)16-11-8-14-15(12(11)13)10-6-4-3-5-7-10/h8-10H,3-7,13H2,1-2H3. The number of nitrogens with zero attached hydrogens (tertiary/aromatic N) is 2. The molecular formula is C12H21N3S. The van der Waals surface area contributed by atoms with Crippen LogP contribution >= 0.6 is 11.8 Å². The first-order valence-electron chi connectivity index (χ1n) is 6.18. The quantitative estimate of drug-likeness (QED) is 0.821. The number of anilines is 1. The normalized spacial score (nSPS) is 18.2. The van der Waals surface area contributed by atoms with E-state index in [0.717, 1.165) is 10.7 Å². The van der Waals surface area contributed by atoms with Gasteiger partial charge in [0.2, 0.25) is 0 Å². The molecule has 0 spiro atoms. The third kappa shape index (κ3) is 2.54. The van der Waals surface area contributed by atoms with Crippen molar-refractivity contribution in [3.05, 3.63) is 6.20 Å². The van der Waals surface area contributed by atoms with E-state index in [4.69, 9.17) is 5.73 Å². The summed E-state index contributed by atoms with van der Waals surface area (Å²) in [5.74, 6) is 0.866. The van der Waals surface area contributed by atoms with Gasteiger partial charge in [-0.3, -0.25) is 0 Å². The molecule has 1 aromatic heterocycles. The lowest BCUT2D eigenvalue weighted by molar-refractivity contribution is 0.333. The van der Waals surface area contributed by atoms with Gasteiger partial charge < -0.3 is 5.73 Å². The zero-order chi connectivity index (χ0) is 11.5. The fraction of sp³-hybridized carbons (Fsp3) is 0.750. The summed E-state index contributed by atoms with van der Waals surface area (Å²) in [4.78, 5) is 1.14. The van der Waals surface area contributed by atoms with Gasteiger partial charge in [0.25, 0.3) is 0 Å². The minimum atomic E-state index is 0.537. The average molecular weight is 239 g/mol. The fourth-order valence-electron chi connectivity index (χ4n) is 2.32. The summed E-state index contributed by atoms with van der Waals surface area (Å²) in [6.45, 7) is 4.37. The largest absolute Gasteiger partial charge is 0.383 e. The molecule has 90 valence electrons. The summed E-state index contributed by atoms with van der Waals surface area (Å²) < 4.78 is 2.05. The number of nitrogen functional groups attached to an aromatic ring is 1. The Hall–Kier alpha value is -0.640. The van der Waals surface area contributed by atoms with Gasteiger partial charge in [-0.1, -0.05) is 33.1 Å². The van der Waals surface area contributed by atoms with E-state index in [1.165, 1.54) is 32.1 Å². The Labute approximate surface area is 102 Å². The number of nitrogens with two attached hydrogens (primary N) is 1. The molecule has 3 nitrogen and oxygen atoms in total. The molecular weight excluding hydrogens is 218 g/mol. The van der Waals surface area contributed by atoms with Crippen LogP contribution in [0.1, 0.15) is 52.0 Å². The van der Waals surface area contributed by atoms with E-state index in [1.54, 1.807) is 11.8 Å². The minimum Gasteiger partial charge on any atom is -0.383 e. The number of rotatable bonds is 3. The van der Waals surface area contributed by atoms with Gasteiger partial charge in [-0.15, -0.1) is 11.8 Å². The van der Waals surface area contributed by atoms with Gasteiger partial charge in [0.05, 0.1) is 17.1 Å². The number of hydrogen-bond acceptors (Lipinski definition) is 3. The second-order valence-electron chi connectivity index (χ2n) is 4.80. The number of thioether (sulfide) groups is 1. The van der Waals surface area contributed by atoms with Crippen LogP contribution in [0.25, 0.3) is 0 Å². The van der Waals surface area contributed by atoms with Crippen LogP contribution < -0.4 is 5.73 Å². The van der Waals surface area contributed by atoms with E-state index < -0.39 is 0 Å². The van der Waals surface area contributed by atoms with E-state index in [1.807, 2.05) is 10.9 Å². The summed E-state index contributed by atoms with van der Waals surface area (Å²) in [6.07, 6.45) is 8.39. The van der Waals surface area contributed by atoms with Crippen molar-refractivity contribution in [2.45, 2.75) is 62.1 Å². The van der Waals surface area contributed by atoms with Crippen molar-refractivity contribution in [2.75, 3.05) is 5.73 Å². The van der Waals surface area contributed by atoms with Crippen molar-refractivity contribution in [3.63, 3.8) is 0 Å². The van der Waals surface area contributed by atoms with Crippen LogP contribution in [-0.2, 0) is 0 Å². The molecule has 0 amide bonds. The third-order valence-electron chi connectivity index (χ3n) is 3.08. The molecule has 0 aromatic carbocycles. The van der Waals surface area contributed by atoms with Crippen LogP contribution in [0.4, 0.5) is 5.82 Å². The number of aromatic nitrogens is 2. The topological polar surface area (TPSA) is 43.8 Å². The molecule has 1 fully saturated rings. The van der Waals surface area contributed by atoms with Crippen molar-refractivity contribution >= 4 is 17.6 Å². The second kappa shape index (κ2) is 5.13. The van der Waals surface area contributed by atoms with E-state index in [9.17, 15) is 0 Å². The molecule has 0 radical (unpaired) electrons. The monoisotopic (exact) mass is 239 g/mol. The molecule has 0 unspecified atom stereocenters. The molecule has 1 heterocycles. The first kappa shape index (κ1) is 11.8. The summed E-state index contributed by atoms with van der Waals surface area (Å²) in [7, 11) is 0. The Morgan fingerprint density at radius 1 is 1.38 bits per heavy atom. The predicted octanol–water partition coefficient (Wildman–Crippen LogP) is 3.47. The molecule has 2 rings (SSSR count). The van der Waals surface area contributed by atoms with Crippen molar-refractivity contribution < 1.29 is 0 Å². The average Bonchev–Trinajstić information content (AvgIpc) is 2.61. The zero-order valence-electron chi connectivity index (χ0n) is 10.1. The Morgan fingerprint density at radius 3 is 2.69 bits per heavy atom. The van der Waals surface area contributed by atoms with Crippen LogP contribution in [0.2, 0.25) is 0 Å². The van der Waals surface area contributed by atoms with Gasteiger partial charge in [-0.2, -0.15) is 5.10 Å². The van der Waals surface area contributed by atoms with E-state index in [2.05, 4.69) is 18.9 Å². The summed E-state index contributed by atoms with van der Waals surface area (Å²) in [5, 5.41) is 5.02. The first-order chi connectivity index (χ1) is 7.68. The minimum absolute atomic E-state index is 0.537. The zero-order valence-corrected chi connectivity index (χ0v) is 11.0. The lowest BCUT2D eigenvalue weighted by atomic mass is 9.96. The maximum absolute atomic E-state index is 6.16. The Balaban J connectivity index is 2.12. The molecule has 1 aromatic rings. The highest BCUT2D eigenvalue weighted by molar-refractivity contribution is 8.00. The Bertz CT molecular complexity index is 340. The van der Waals surface area contributed by atoms with Crippen LogP contribution in [0.15, 0.2) is 11.1 Å². The smallest absolute Gasteiger partial charge is 0.135 e. The molecule has 0 atom stereocenters. The second-order valence-corrected chi connectivity index (χ2v) is 6.42. The highest BCUT2D eigenvalue weighted by atomic mass is 32.2. The lowest BCUT2D eigenvalue weighted by Gasteiger charge is -2.23. The lowest BCUT2D eigenvalue weighted by Crippen LogP contribution is -2.16. The highest BCUT2D eigenvalue weighted by Crippen LogP contribution is 2.34. The molecule has 2 N–H and O–H groups in total. The highest BCUT2D eigenvalue weighted by Gasteiger charge is 2.19. The van der Waals surface area contributed by atoms with Crippen molar-refractivity contribution in [1.82, 2.24) is 9.78 Å². The maximum Gasteiger partial charge on any atom is 0.135 e. The van der Waals surface area contributed by atoms with Gasteiger partial charge >= 0.3 is 0 Å². The summed E-state index contributed by atoms with van der Waals surface area (Å²) in [6, 6.07) is 0.537. The third-order valence-corrected chi connectivity index (χ3v) is 4.12. The SMILES string of the molecule is CC(C)Sc1cnn(C2CCCCC2)c1N. The van der Waals surface area contributed by atoms with Crippen LogP contribution in [-0.4, -0.2) is 15.0 Å². The summed E-state index contributed by atoms with van der Waals surface area (Å²) in [5.41, 5.74) is 6.16. The maximum atomic E-state index is 6.16. The number of hydrogen-bond donors (Lipinski definition) is 1. The molecule has 0 saturated heterocycles. The van der Waals surface area contributed by atoms with Gasteiger partial charge in [0.1, 0.15) is 5.82 Å². The van der Waals surface area contributed by atoms with Crippen LogP contribution in [0, 0.1) is 0 Å². The molecule has 1 aliphatic carbocycles. The molecule has 4 heteroatoms.